The Hall–Kier alpha value is -3.28. The van der Waals surface area contributed by atoms with Gasteiger partial charge in [0.15, 0.2) is 0 Å². The lowest BCUT2D eigenvalue weighted by Gasteiger charge is -2.43. The van der Waals surface area contributed by atoms with Crippen LogP contribution in [0.2, 0.25) is 0 Å². The molecule has 33 heavy (non-hydrogen) atoms. The quantitative estimate of drug-likeness (QED) is 0.497. The maximum Gasteiger partial charge on any atom is 0.230 e. The SMILES string of the molecule is CC(=O)N[C@H]1C[C@@](C)(C(=O)Nc2c[nH]c3ccc(O[C@H]4C[C@@H](c5ccc(C)cc5)C4)cc23)C1. The molecular formula is C27H31N3O3. The number of fused-ring (bicyclic) bond motifs is 1. The molecular weight excluding hydrogens is 414 g/mol. The van der Waals surface area contributed by atoms with Gasteiger partial charge < -0.3 is 20.4 Å². The molecule has 3 N–H and O–H groups in total. The van der Waals surface area contributed by atoms with Crippen molar-refractivity contribution in [3.05, 3.63) is 59.8 Å². The van der Waals surface area contributed by atoms with E-state index in [1.54, 1.807) is 0 Å². The van der Waals surface area contributed by atoms with Crippen LogP contribution in [-0.2, 0) is 9.59 Å². The molecule has 5 rings (SSSR count). The van der Waals surface area contributed by atoms with Crippen molar-refractivity contribution in [3.63, 3.8) is 0 Å². The third-order valence-electron chi connectivity index (χ3n) is 7.20. The topological polar surface area (TPSA) is 83.2 Å². The van der Waals surface area contributed by atoms with Crippen LogP contribution in [0.1, 0.15) is 56.6 Å². The van der Waals surface area contributed by atoms with Crippen molar-refractivity contribution in [2.24, 2.45) is 5.41 Å². The first-order valence-electron chi connectivity index (χ1n) is 11.7. The summed E-state index contributed by atoms with van der Waals surface area (Å²) in [5.74, 6) is 1.32. The molecule has 2 amide bonds. The fraction of sp³-hybridized carbons (Fsp3) is 0.407. The van der Waals surface area contributed by atoms with Gasteiger partial charge >= 0.3 is 0 Å². The summed E-state index contributed by atoms with van der Waals surface area (Å²) in [6, 6.07) is 14.8. The number of aromatic amines is 1. The van der Waals surface area contributed by atoms with Crippen molar-refractivity contribution in [1.82, 2.24) is 10.3 Å². The third-order valence-corrected chi connectivity index (χ3v) is 7.20. The largest absolute Gasteiger partial charge is 0.490 e. The Morgan fingerprint density at radius 2 is 1.82 bits per heavy atom. The molecule has 1 aromatic heterocycles. The summed E-state index contributed by atoms with van der Waals surface area (Å²) in [6.07, 6.45) is 5.39. The molecule has 0 atom stereocenters. The third kappa shape index (κ3) is 4.34. The number of benzene rings is 2. The minimum absolute atomic E-state index is 0.0174. The van der Waals surface area contributed by atoms with Crippen molar-refractivity contribution in [1.29, 1.82) is 0 Å². The first-order chi connectivity index (χ1) is 15.8. The summed E-state index contributed by atoms with van der Waals surface area (Å²) in [5.41, 5.74) is 3.92. The number of aromatic nitrogens is 1. The molecule has 6 nitrogen and oxygen atoms in total. The Labute approximate surface area is 194 Å². The van der Waals surface area contributed by atoms with Crippen LogP contribution in [0.3, 0.4) is 0 Å². The second-order valence-electron chi connectivity index (χ2n) is 10.0. The van der Waals surface area contributed by atoms with Gasteiger partial charge in [-0.05, 0) is 62.3 Å². The fourth-order valence-electron chi connectivity index (χ4n) is 5.12. The first kappa shape index (κ1) is 21.6. The highest BCUT2D eigenvalue weighted by molar-refractivity contribution is 6.04. The maximum atomic E-state index is 12.9. The number of H-pyrrole nitrogens is 1. The van der Waals surface area contributed by atoms with Crippen molar-refractivity contribution < 1.29 is 14.3 Å². The zero-order valence-electron chi connectivity index (χ0n) is 19.4. The lowest BCUT2D eigenvalue weighted by molar-refractivity contribution is -0.133. The molecule has 2 aliphatic rings. The van der Waals surface area contributed by atoms with E-state index in [-0.39, 0.29) is 24.0 Å². The second-order valence-corrected chi connectivity index (χ2v) is 10.0. The van der Waals surface area contributed by atoms with Crippen LogP contribution in [0.4, 0.5) is 5.69 Å². The lowest BCUT2D eigenvalue weighted by atomic mass is 9.66. The Morgan fingerprint density at radius 3 is 2.52 bits per heavy atom. The van der Waals surface area contributed by atoms with E-state index in [4.69, 9.17) is 4.74 Å². The Bertz CT molecular complexity index is 1190. The molecule has 0 saturated heterocycles. The van der Waals surface area contributed by atoms with Gasteiger partial charge in [-0.25, -0.2) is 0 Å². The molecule has 1 heterocycles. The van der Waals surface area contributed by atoms with Crippen LogP contribution < -0.4 is 15.4 Å². The molecule has 0 radical (unpaired) electrons. The van der Waals surface area contributed by atoms with E-state index in [0.29, 0.717) is 18.8 Å². The van der Waals surface area contributed by atoms with Gasteiger partial charge in [0.05, 0.1) is 17.2 Å². The van der Waals surface area contributed by atoms with Gasteiger partial charge in [-0.3, -0.25) is 9.59 Å². The highest BCUT2D eigenvalue weighted by Gasteiger charge is 2.46. The number of nitrogens with one attached hydrogen (secondary N) is 3. The van der Waals surface area contributed by atoms with Crippen LogP contribution in [0.5, 0.6) is 5.75 Å². The summed E-state index contributed by atoms with van der Waals surface area (Å²) in [4.78, 5) is 27.4. The average Bonchev–Trinajstić information content (AvgIpc) is 3.11. The van der Waals surface area contributed by atoms with Gasteiger partial charge in [-0.2, -0.15) is 0 Å². The Kier molecular flexibility index (Phi) is 5.39. The Balaban J connectivity index is 1.21. The van der Waals surface area contributed by atoms with E-state index in [9.17, 15) is 9.59 Å². The second kappa shape index (κ2) is 8.25. The van der Waals surface area contributed by atoms with Crippen LogP contribution in [0, 0.1) is 12.3 Å². The molecule has 0 aliphatic heterocycles. The summed E-state index contributed by atoms with van der Waals surface area (Å²) < 4.78 is 6.25. The predicted octanol–water partition coefficient (Wildman–Crippen LogP) is 5.04. The van der Waals surface area contributed by atoms with Crippen molar-refractivity contribution in [2.45, 2.75) is 64.5 Å². The molecule has 0 bridgehead atoms. The van der Waals surface area contributed by atoms with Crippen molar-refractivity contribution in [2.75, 3.05) is 5.32 Å². The minimum atomic E-state index is -0.470. The number of amides is 2. The van der Waals surface area contributed by atoms with Gasteiger partial charge in [0.25, 0.3) is 0 Å². The monoisotopic (exact) mass is 445 g/mol. The number of aryl methyl sites for hydroxylation is 1. The first-order valence-corrected chi connectivity index (χ1v) is 11.7. The van der Waals surface area contributed by atoms with E-state index >= 15 is 0 Å². The van der Waals surface area contributed by atoms with Gasteiger partial charge in [-0.1, -0.05) is 36.8 Å². The molecule has 2 aromatic carbocycles. The Morgan fingerprint density at radius 1 is 1.09 bits per heavy atom. The number of hydrogen-bond donors (Lipinski definition) is 3. The van der Waals surface area contributed by atoms with Crippen molar-refractivity contribution >= 4 is 28.4 Å². The average molecular weight is 446 g/mol. The van der Waals surface area contributed by atoms with E-state index in [0.717, 1.165) is 35.2 Å². The molecule has 6 heteroatoms. The normalized spacial score (nSPS) is 26.2. The number of anilines is 1. The standard InChI is InChI=1S/C27H31N3O3/c1-16-4-6-18(7-5-16)19-10-22(11-19)33-21-8-9-24-23(12-21)25(15-28-24)30-26(32)27(3)13-20(14-27)29-17(2)31/h4-9,12,15,19-20,22,28H,10-11,13-14H2,1-3H3,(H,29,31)(H,30,32)/t19-,20-,22+,27+. The van der Waals surface area contributed by atoms with Crippen LogP contribution >= 0.6 is 0 Å². The van der Waals surface area contributed by atoms with E-state index < -0.39 is 5.41 Å². The highest BCUT2D eigenvalue weighted by Crippen LogP contribution is 2.43. The maximum absolute atomic E-state index is 12.9. The number of ether oxygens (including phenoxy) is 1. The van der Waals surface area contributed by atoms with Crippen LogP contribution in [0.25, 0.3) is 10.9 Å². The molecule has 0 unspecified atom stereocenters. The van der Waals surface area contributed by atoms with Crippen LogP contribution in [0.15, 0.2) is 48.7 Å². The lowest BCUT2D eigenvalue weighted by Crippen LogP contribution is -2.54. The van der Waals surface area contributed by atoms with E-state index in [1.165, 1.54) is 18.1 Å². The minimum Gasteiger partial charge on any atom is -0.490 e. The smallest absolute Gasteiger partial charge is 0.230 e. The fourth-order valence-corrected chi connectivity index (χ4v) is 5.12. The van der Waals surface area contributed by atoms with Crippen LogP contribution in [-0.4, -0.2) is 28.9 Å². The summed E-state index contributed by atoms with van der Waals surface area (Å²) in [6.45, 7) is 5.57. The van der Waals surface area contributed by atoms with Gasteiger partial charge in [-0.15, -0.1) is 0 Å². The molecule has 2 aliphatic carbocycles. The predicted molar refractivity (Wildman–Crippen MR) is 129 cm³/mol. The molecule has 3 aromatic rings. The number of carbonyl (C=O) groups excluding carboxylic acids is 2. The molecule has 2 fully saturated rings. The molecule has 0 spiro atoms. The summed E-state index contributed by atoms with van der Waals surface area (Å²) in [5, 5.41) is 6.91. The summed E-state index contributed by atoms with van der Waals surface area (Å²) >= 11 is 0. The zero-order chi connectivity index (χ0) is 23.2. The highest BCUT2D eigenvalue weighted by atomic mass is 16.5. The van der Waals surface area contributed by atoms with Crippen molar-refractivity contribution in [3.8, 4) is 5.75 Å². The number of hydrogen-bond acceptors (Lipinski definition) is 3. The van der Waals surface area contributed by atoms with Gasteiger partial charge in [0, 0.05) is 30.1 Å². The van der Waals surface area contributed by atoms with Gasteiger partial charge in [0.2, 0.25) is 11.8 Å². The number of carbonyl (C=O) groups is 2. The zero-order valence-corrected chi connectivity index (χ0v) is 19.4. The van der Waals surface area contributed by atoms with E-state index in [2.05, 4.69) is 46.8 Å². The summed E-state index contributed by atoms with van der Waals surface area (Å²) in [7, 11) is 0. The van der Waals surface area contributed by atoms with E-state index in [1.807, 2.05) is 31.3 Å². The van der Waals surface area contributed by atoms with Gasteiger partial charge in [0.1, 0.15) is 5.75 Å². The number of rotatable bonds is 6. The molecule has 2 saturated carbocycles. The molecule has 172 valence electrons.